The van der Waals surface area contributed by atoms with E-state index < -0.39 is 0 Å². The molecule has 1 aromatic heterocycles. The monoisotopic (exact) mass is 241 g/mol. The van der Waals surface area contributed by atoms with E-state index >= 15 is 0 Å². The summed E-state index contributed by atoms with van der Waals surface area (Å²) in [5.41, 5.74) is 1.02. The summed E-state index contributed by atoms with van der Waals surface area (Å²) >= 11 is 5.67. The Hall–Kier alpha value is -0.840. The number of hydrogen-bond donors (Lipinski definition) is 0. The maximum absolute atomic E-state index is 11.3. The Morgan fingerprint density at radius 3 is 2.62 bits per heavy atom. The second-order valence-corrected chi connectivity index (χ2v) is 4.65. The van der Waals surface area contributed by atoms with E-state index in [1.807, 2.05) is 6.07 Å². The first-order valence-corrected chi connectivity index (χ1v) is 5.81. The molecule has 0 bridgehead atoms. The summed E-state index contributed by atoms with van der Waals surface area (Å²) in [5.74, 6) is 0. The summed E-state index contributed by atoms with van der Waals surface area (Å²) in [5, 5.41) is 11.5. The first-order valence-electron chi connectivity index (χ1n) is 5.43. The number of likely N-dealkylation sites (N-methyl/N-ethyl adjacent to an activating group) is 1. The van der Waals surface area contributed by atoms with Crippen LogP contribution in [-0.2, 0) is 6.54 Å². The molecule has 0 aromatic carbocycles. The van der Waals surface area contributed by atoms with Crippen LogP contribution in [0.2, 0.25) is 5.15 Å². The van der Waals surface area contributed by atoms with Crippen LogP contribution in [0.1, 0.15) is 5.56 Å². The fraction of sp³-hybridized carbons (Fsp3) is 0.545. The summed E-state index contributed by atoms with van der Waals surface area (Å²) < 4.78 is 0.715. The molecule has 2 heterocycles. The van der Waals surface area contributed by atoms with Crippen LogP contribution in [0.25, 0.3) is 0 Å². The van der Waals surface area contributed by atoms with Gasteiger partial charge in [-0.05, 0) is 24.7 Å². The van der Waals surface area contributed by atoms with E-state index in [-0.39, 0.29) is 5.15 Å². The summed E-state index contributed by atoms with van der Waals surface area (Å²) in [7, 11) is 2.13. The third kappa shape index (κ3) is 2.84. The van der Waals surface area contributed by atoms with Crippen molar-refractivity contribution in [1.29, 1.82) is 0 Å². The predicted molar refractivity (Wildman–Crippen MR) is 63.2 cm³/mol. The van der Waals surface area contributed by atoms with Gasteiger partial charge in [-0.15, -0.1) is 0 Å². The first kappa shape index (κ1) is 11.6. The molecule has 0 spiro atoms. The highest BCUT2D eigenvalue weighted by Crippen LogP contribution is 2.08. The van der Waals surface area contributed by atoms with Crippen LogP contribution in [0.5, 0.6) is 0 Å². The minimum absolute atomic E-state index is 0.224. The molecule has 16 heavy (non-hydrogen) atoms. The van der Waals surface area contributed by atoms with Crippen molar-refractivity contribution in [1.82, 2.24) is 9.80 Å². The van der Waals surface area contributed by atoms with Crippen LogP contribution < -0.4 is 4.73 Å². The van der Waals surface area contributed by atoms with Gasteiger partial charge < -0.3 is 10.1 Å². The van der Waals surface area contributed by atoms with Crippen molar-refractivity contribution in [3.63, 3.8) is 0 Å². The van der Waals surface area contributed by atoms with Gasteiger partial charge in [0.15, 0.2) is 6.20 Å². The van der Waals surface area contributed by atoms with E-state index in [1.165, 1.54) is 0 Å². The molecular weight excluding hydrogens is 226 g/mol. The van der Waals surface area contributed by atoms with Gasteiger partial charge in [0.05, 0.1) is 0 Å². The lowest BCUT2D eigenvalue weighted by Crippen LogP contribution is -2.44. The zero-order valence-corrected chi connectivity index (χ0v) is 10.2. The predicted octanol–water partition coefficient (Wildman–Crippen LogP) is 0.721. The minimum Gasteiger partial charge on any atom is -0.618 e. The molecule has 0 N–H and O–H groups in total. The molecule has 0 radical (unpaired) electrons. The van der Waals surface area contributed by atoms with Gasteiger partial charge in [-0.25, -0.2) is 0 Å². The van der Waals surface area contributed by atoms with Crippen molar-refractivity contribution in [2.45, 2.75) is 6.54 Å². The zero-order valence-electron chi connectivity index (χ0n) is 9.40. The minimum atomic E-state index is 0.224. The van der Waals surface area contributed by atoms with Crippen LogP contribution >= 0.6 is 11.6 Å². The van der Waals surface area contributed by atoms with Gasteiger partial charge >= 0.3 is 0 Å². The largest absolute Gasteiger partial charge is 0.618 e. The molecule has 0 aliphatic carbocycles. The lowest BCUT2D eigenvalue weighted by Gasteiger charge is -2.32. The van der Waals surface area contributed by atoms with Gasteiger partial charge in [0, 0.05) is 44.4 Å². The molecule has 1 saturated heterocycles. The second-order valence-electron chi connectivity index (χ2n) is 4.27. The molecule has 0 atom stereocenters. The lowest BCUT2D eigenvalue weighted by molar-refractivity contribution is -0.603. The highest BCUT2D eigenvalue weighted by Gasteiger charge is 2.15. The van der Waals surface area contributed by atoms with Crippen LogP contribution in [0.15, 0.2) is 18.3 Å². The normalized spacial score (nSPS) is 18.9. The average Bonchev–Trinajstić information content (AvgIpc) is 2.27. The van der Waals surface area contributed by atoms with E-state index in [9.17, 15) is 5.21 Å². The molecule has 1 aliphatic rings. The van der Waals surface area contributed by atoms with Crippen LogP contribution in [0.3, 0.4) is 0 Å². The molecule has 1 aromatic rings. The molecule has 88 valence electrons. The number of nitrogens with zero attached hydrogens (tertiary/aromatic N) is 3. The van der Waals surface area contributed by atoms with Gasteiger partial charge in [-0.1, -0.05) is 0 Å². The SMILES string of the molecule is CN1CCN(Cc2ccc(Cl)[n+]([O-])c2)CC1. The number of pyridine rings is 1. The fourth-order valence-electron chi connectivity index (χ4n) is 1.86. The van der Waals surface area contributed by atoms with Gasteiger partial charge in [0.2, 0.25) is 0 Å². The lowest BCUT2D eigenvalue weighted by atomic mass is 10.2. The Balaban J connectivity index is 1.96. The molecule has 0 unspecified atom stereocenters. The molecule has 1 aliphatic heterocycles. The first-order chi connectivity index (χ1) is 7.65. The van der Waals surface area contributed by atoms with Crippen molar-refractivity contribution >= 4 is 11.6 Å². The molecule has 2 rings (SSSR count). The van der Waals surface area contributed by atoms with Crippen molar-refractivity contribution in [3.05, 3.63) is 34.3 Å². The van der Waals surface area contributed by atoms with Crippen LogP contribution in [-0.4, -0.2) is 43.0 Å². The number of halogens is 1. The van der Waals surface area contributed by atoms with Gasteiger partial charge in [0.25, 0.3) is 5.15 Å². The maximum Gasteiger partial charge on any atom is 0.286 e. The van der Waals surface area contributed by atoms with E-state index in [2.05, 4.69) is 16.8 Å². The summed E-state index contributed by atoms with van der Waals surface area (Å²) in [6, 6.07) is 3.56. The van der Waals surface area contributed by atoms with Crippen molar-refractivity contribution < 1.29 is 4.73 Å². The van der Waals surface area contributed by atoms with Crippen molar-refractivity contribution in [3.8, 4) is 0 Å². The van der Waals surface area contributed by atoms with Gasteiger partial charge in [0.1, 0.15) is 0 Å². The topological polar surface area (TPSA) is 33.4 Å². The van der Waals surface area contributed by atoms with E-state index in [0.717, 1.165) is 38.3 Å². The number of rotatable bonds is 2. The van der Waals surface area contributed by atoms with E-state index in [0.29, 0.717) is 4.73 Å². The molecule has 5 heteroatoms. The third-order valence-electron chi connectivity index (χ3n) is 2.93. The Morgan fingerprint density at radius 2 is 2.00 bits per heavy atom. The van der Waals surface area contributed by atoms with E-state index in [1.54, 1.807) is 12.3 Å². The van der Waals surface area contributed by atoms with E-state index in [4.69, 9.17) is 11.6 Å². The highest BCUT2D eigenvalue weighted by molar-refractivity contribution is 6.28. The van der Waals surface area contributed by atoms with Gasteiger partial charge in [-0.3, -0.25) is 4.90 Å². The fourth-order valence-corrected chi connectivity index (χ4v) is 1.97. The van der Waals surface area contributed by atoms with Gasteiger partial charge in [-0.2, -0.15) is 4.73 Å². The van der Waals surface area contributed by atoms with Crippen LogP contribution in [0, 0.1) is 5.21 Å². The summed E-state index contributed by atoms with van der Waals surface area (Å²) in [4.78, 5) is 4.66. The number of hydrogen-bond acceptors (Lipinski definition) is 3. The van der Waals surface area contributed by atoms with Crippen LogP contribution in [0.4, 0.5) is 0 Å². The Kier molecular flexibility index (Phi) is 3.63. The smallest absolute Gasteiger partial charge is 0.286 e. The number of piperazine rings is 1. The quantitative estimate of drug-likeness (QED) is 0.435. The maximum atomic E-state index is 11.3. The van der Waals surface area contributed by atoms with Crippen molar-refractivity contribution in [2.75, 3.05) is 33.2 Å². The Bertz CT molecular complexity index is 364. The third-order valence-corrected chi connectivity index (χ3v) is 3.22. The highest BCUT2D eigenvalue weighted by atomic mass is 35.5. The molecule has 0 saturated carbocycles. The standard InChI is InChI=1S/C11H16ClN3O/c1-13-4-6-14(7-5-13)8-10-2-3-11(12)15(16)9-10/h2-3,9H,4-8H2,1H3. The number of aromatic nitrogens is 1. The zero-order chi connectivity index (χ0) is 11.5. The molecular formula is C11H16ClN3O. The van der Waals surface area contributed by atoms with Crippen molar-refractivity contribution in [2.24, 2.45) is 0 Å². The Morgan fingerprint density at radius 1 is 1.31 bits per heavy atom. The summed E-state index contributed by atoms with van der Waals surface area (Å²) in [6.07, 6.45) is 1.56. The average molecular weight is 242 g/mol. The molecule has 1 fully saturated rings. The summed E-state index contributed by atoms with van der Waals surface area (Å²) in [6.45, 7) is 5.11. The Labute approximate surface area is 101 Å². The second kappa shape index (κ2) is 4.99. The molecule has 4 nitrogen and oxygen atoms in total. The molecule has 0 amide bonds.